The quantitative estimate of drug-likeness (QED) is 0.419. The van der Waals surface area contributed by atoms with Crippen LogP contribution in [0.25, 0.3) is 0 Å². The third-order valence-corrected chi connectivity index (χ3v) is 4.25. The molecule has 0 saturated carbocycles. The van der Waals surface area contributed by atoms with Crippen LogP contribution in [-0.2, 0) is 14.3 Å². The van der Waals surface area contributed by atoms with Gasteiger partial charge in [-0.05, 0) is 13.0 Å². The Balaban J connectivity index is 1.79. The van der Waals surface area contributed by atoms with Gasteiger partial charge in [0.15, 0.2) is 11.6 Å². The molecule has 1 aliphatic rings. The minimum absolute atomic E-state index is 0.0726. The topological polar surface area (TPSA) is 154 Å². The summed E-state index contributed by atoms with van der Waals surface area (Å²) in [6, 6.07) is 3.75. The summed E-state index contributed by atoms with van der Waals surface area (Å²) >= 11 is 0.776. The largest absolute Gasteiger partial charge is 0.482 e. The minimum atomic E-state index is -0.741. The van der Waals surface area contributed by atoms with Crippen molar-refractivity contribution in [2.45, 2.75) is 6.92 Å². The van der Waals surface area contributed by atoms with E-state index in [-0.39, 0.29) is 41.0 Å². The van der Waals surface area contributed by atoms with Crippen molar-refractivity contribution in [1.82, 2.24) is 9.59 Å². The van der Waals surface area contributed by atoms with Gasteiger partial charge in [-0.1, -0.05) is 4.49 Å². The van der Waals surface area contributed by atoms with Crippen LogP contribution < -0.4 is 15.0 Å². The van der Waals surface area contributed by atoms with Crippen LogP contribution in [-0.4, -0.2) is 52.1 Å². The van der Waals surface area contributed by atoms with Crippen molar-refractivity contribution in [1.29, 1.82) is 0 Å². The fourth-order valence-electron chi connectivity index (χ4n) is 2.39. The number of hydrogen-bond donors (Lipinski definition) is 1. The van der Waals surface area contributed by atoms with Gasteiger partial charge in [-0.2, -0.15) is 0 Å². The molecule has 0 fully saturated rings. The molecular weight excluding hydrogens is 394 g/mol. The van der Waals surface area contributed by atoms with E-state index >= 15 is 0 Å². The Morgan fingerprint density at radius 3 is 2.96 bits per heavy atom. The van der Waals surface area contributed by atoms with E-state index in [1.165, 1.54) is 12.1 Å². The Morgan fingerprint density at radius 2 is 2.25 bits per heavy atom. The lowest BCUT2D eigenvalue weighted by Gasteiger charge is -2.28. The predicted octanol–water partition coefficient (Wildman–Crippen LogP) is 0.987. The number of amides is 2. The van der Waals surface area contributed by atoms with Crippen molar-refractivity contribution in [3.05, 3.63) is 34.0 Å². The molecule has 0 saturated heterocycles. The van der Waals surface area contributed by atoms with E-state index in [9.17, 15) is 24.5 Å². The number of carbonyl (C=O) groups excluding carboxylic acids is 3. The van der Waals surface area contributed by atoms with E-state index in [2.05, 4.69) is 14.9 Å². The molecule has 1 aromatic carbocycles. The number of ether oxygens (including phenoxy) is 2. The summed E-state index contributed by atoms with van der Waals surface area (Å²) in [6.07, 6.45) is 0. The first-order valence-electron chi connectivity index (χ1n) is 7.91. The monoisotopic (exact) mass is 407 g/mol. The molecule has 0 unspecified atom stereocenters. The minimum Gasteiger partial charge on any atom is -0.482 e. The van der Waals surface area contributed by atoms with Crippen LogP contribution in [0.2, 0.25) is 0 Å². The summed E-state index contributed by atoms with van der Waals surface area (Å²) in [4.78, 5) is 47.8. The van der Waals surface area contributed by atoms with Crippen molar-refractivity contribution < 1.29 is 28.8 Å². The standard InChI is InChI=1S/C15H13N5O7S/c1-2-26-15(23)13-14(28-18-17-13)16-11(21)6-19-9-5-8(20(24)25)3-4-10(9)27-7-12(19)22/h3-5H,2,6-7H2,1H3,(H,16,21). The first-order chi connectivity index (χ1) is 13.4. The molecule has 3 rings (SSSR count). The van der Waals surface area contributed by atoms with E-state index in [0.29, 0.717) is 0 Å². The third-order valence-electron chi connectivity index (χ3n) is 3.61. The molecule has 146 valence electrons. The molecule has 13 heteroatoms. The molecule has 1 aromatic heterocycles. The van der Waals surface area contributed by atoms with Gasteiger partial charge < -0.3 is 14.8 Å². The summed E-state index contributed by atoms with van der Waals surface area (Å²) < 4.78 is 13.7. The van der Waals surface area contributed by atoms with E-state index in [1.54, 1.807) is 6.92 Å². The molecule has 2 aromatic rings. The molecule has 12 nitrogen and oxygen atoms in total. The van der Waals surface area contributed by atoms with Crippen LogP contribution in [0.5, 0.6) is 5.75 Å². The average molecular weight is 407 g/mol. The number of esters is 1. The number of carbonyl (C=O) groups is 3. The number of nitrogens with one attached hydrogen (secondary N) is 1. The molecule has 28 heavy (non-hydrogen) atoms. The van der Waals surface area contributed by atoms with Gasteiger partial charge in [0.2, 0.25) is 11.6 Å². The van der Waals surface area contributed by atoms with Gasteiger partial charge in [-0.3, -0.25) is 24.6 Å². The number of rotatable bonds is 6. The lowest BCUT2D eigenvalue weighted by molar-refractivity contribution is -0.384. The molecule has 0 bridgehead atoms. The van der Waals surface area contributed by atoms with Gasteiger partial charge in [0.1, 0.15) is 12.3 Å². The second-order valence-electron chi connectivity index (χ2n) is 5.40. The maximum atomic E-state index is 12.4. The van der Waals surface area contributed by atoms with Gasteiger partial charge in [0, 0.05) is 23.7 Å². The first-order valence-corrected chi connectivity index (χ1v) is 8.69. The van der Waals surface area contributed by atoms with Crippen molar-refractivity contribution in [3.63, 3.8) is 0 Å². The Kier molecular flexibility index (Phi) is 5.44. The molecule has 2 amide bonds. The van der Waals surface area contributed by atoms with Gasteiger partial charge in [0.05, 0.1) is 17.2 Å². The Hall–Kier alpha value is -3.61. The number of benzene rings is 1. The van der Waals surface area contributed by atoms with Crippen molar-refractivity contribution in [2.75, 3.05) is 30.0 Å². The van der Waals surface area contributed by atoms with Crippen LogP contribution in [0.3, 0.4) is 0 Å². The number of nitrogens with zero attached hydrogens (tertiary/aromatic N) is 4. The second-order valence-corrected chi connectivity index (χ2v) is 6.15. The molecule has 2 heterocycles. The zero-order valence-electron chi connectivity index (χ0n) is 14.4. The lowest BCUT2D eigenvalue weighted by atomic mass is 10.2. The lowest BCUT2D eigenvalue weighted by Crippen LogP contribution is -2.43. The Labute approximate surface area is 161 Å². The van der Waals surface area contributed by atoms with Crippen molar-refractivity contribution in [3.8, 4) is 5.75 Å². The summed E-state index contributed by atoms with van der Waals surface area (Å²) in [5, 5.41) is 17.1. The summed E-state index contributed by atoms with van der Waals surface area (Å²) in [6.45, 7) is 0.989. The van der Waals surface area contributed by atoms with E-state index < -0.39 is 29.3 Å². The average Bonchev–Trinajstić information content (AvgIpc) is 3.12. The highest BCUT2D eigenvalue weighted by molar-refractivity contribution is 7.10. The van der Waals surface area contributed by atoms with Crippen LogP contribution in [0.1, 0.15) is 17.4 Å². The molecule has 0 aliphatic carbocycles. The Morgan fingerprint density at radius 1 is 1.46 bits per heavy atom. The third kappa shape index (κ3) is 3.88. The van der Waals surface area contributed by atoms with Crippen molar-refractivity contribution in [2.24, 2.45) is 0 Å². The number of fused-ring (bicyclic) bond motifs is 1. The van der Waals surface area contributed by atoms with E-state index in [4.69, 9.17) is 9.47 Å². The fraction of sp³-hybridized carbons (Fsp3) is 0.267. The zero-order valence-corrected chi connectivity index (χ0v) is 15.2. The summed E-state index contributed by atoms with van der Waals surface area (Å²) in [5.74, 6) is -1.69. The normalized spacial score (nSPS) is 12.8. The first kappa shape index (κ1) is 19.2. The molecule has 0 spiro atoms. The van der Waals surface area contributed by atoms with Gasteiger partial charge in [0.25, 0.3) is 11.6 Å². The van der Waals surface area contributed by atoms with Crippen LogP contribution in [0, 0.1) is 10.1 Å². The highest BCUT2D eigenvalue weighted by Crippen LogP contribution is 2.35. The number of nitro benzene ring substituents is 1. The van der Waals surface area contributed by atoms with Crippen LogP contribution in [0.15, 0.2) is 18.2 Å². The summed E-state index contributed by atoms with van der Waals surface area (Å²) in [7, 11) is 0. The maximum Gasteiger partial charge on any atom is 0.362 e. The predicted molar refractivity (Wildman–Crippen MR) is 95.4 cm³/mol. The van der Waals surface area contributed by atoms with E-state index in [1.807, 2.05) is 0 Å². The smallest absolute Gasteiger partial charge is 0.362 e. The van der Waals surface area contributed by atoms with Crippen LogP contribution >= 0.6 is 11.5 Å². The molecule has 0 atom stereocenters. The number of hydrogen-bond acceptors (Lipinski definition) is 10. The van der Waals surface area contributed by atoms with Crippen LogP contribution in [0.4, 0.5) is 16.4 Å². The zero-order chi connectivity index (χ0) is 20.3. The maximum absolute atomic E-state index is 12.4. The number of aromatic nitrogens is 2. The number of non-ortho nitro benzene ring substituents is 1. The molecular formula is C15H13N5O7S. The number of nitro groups is 1. The fourth-order valence-corrected chi connectivity index (χ4v) is 2.97. The summed E-state index contributed by atoms with van der Waals surface area (Å²) in [5.41, 5.74) is -0.295. The van der Waals surface area contributed by atoms with Gasteiger partial charge in [-0.25, -0.2) is 4.79 Å². The SMILES string of the molecule is CCOC(=O)c1nnsc1NC(=O)CN1C(=O)COc2ccc([N+](=O)[O-])cc21. The van der Waals surface area contributed by atoms with E-state index in [0.717, 1.165) is 22.5 Å². The van der Waals surface area contributed by atoms with Gasteiger partial charge >= 0.3 is 5.97 Å². The highest BCUT2D eigenvalue weighted by Gasteiger charge is 2.30. The second kappa shape index (κ2) is 7.96. The number of anilines is 2. The van der Waals surface area contributed by atoms with Crippen molar-refractivity contribution >= 4 is 45.7 Å². The molecule has 1 N–H and O–H groups in total. The highest BCUT2D eigenvalue weighted by atomic mass is 32.1. The molecule has 0 radical (unpaired) electrons. The van der Waals surface area contributed by atoms with Gasteiger partial charge in [-0.15, -0.1) is 5.10 Å². The molecule has 1 aliphatic heterocycles. The Bertz CT molecular complexity index is 960.